The summed E-state index contributed by atoms with van der Waals surface area (Å²) in [5, 5.41) is 3.00. The van der Waals surface area contributed by atoms with E-state index in [1.54, 1.807) is 0 Å². The van der Waals surface area contributed by atoms with Gasteiger partial charge in [-0.2, -0.15) is 0 Å². The van der Waals surface area contributed by atoms with E-state index in [1.165, 1.54) is 0 Å². The highest BCUT2D eigenvalue weighted by Crippen LogP contribution is 1.96. The van der Waals surface area contributed by atoms with Crippen LogP contribution in [0.3, 0.4) is 0 Å². The zero-order valence-electron chi connectivity index (χ0n) is 11.9. The van der Waals surface area contributed by atoms with E-state index in [4.69, 9.17) is 4.74 Å². The van der Waals surface area contributed by atoms with Gasteiger partial charge in [-0.1, -0.05) is 0 Å². The summed E-state index contributed by atoms with van der Waals surface area (Å²) in [5.41, 5.74) is 0. The quantitative estimate of drug-likeness (QED) is 0.526. The van der Waals surface area contributed by atoms with Crippen molar-refractivity contribution in [3.05, 3.63) is 0 Å². The van der Waals surface area contributed by atoms with E-state index in [9.17, 15) is 8.42 Å². The average Bonchev–Trinajstić information content (AvgIpc) is 2.29. The molecule has 2 N–H and O–H groups in total. The van der Waals surface area contributed by atoms with Crippen LogP contribution < -0.4 is 10.0 Å². The zero-order chi connectivity index (χ0) is 13.9. The summed E-state index contributed by atoms with van der Waals surface area (Å²) < 4.78 is 31.1. The molecule has 0 aromatic rings. The third-order valence-electron chi connectivity index (χ3n) is 2.43. The SMILES string of the molecule is CNCCCCS(=O)(=O)NCCCCOC(C)C. The Balaban J connectivity index is 3.47. The van der Waals surface area contributed by atoms with Gasteiger partial charge in [-0.25, -0.2) is 13.1 Å². The third kappa shape index (κ3) is 12.3. The maximum Gasteiger partial charge on any atom is 0.211 e. The first-order valence-electron chi connectivity index (χ1n) is 6.71. The number of hydrogen-bond acceptors (Lipinski definition) is 4. The Morgan fingerprint density at radius 1 is 1.06 bits per heavy atom. The molecule has 0 rings (SSSR count). The van der Waals surface area contributed by atoms with E-state index in [-0.39, 0.29) is 11.9 Å². The normalized spacial score (nSPS) is 12.2. The predicted octanol–water partition coefficient (Wildman–Crippen LogP) is 1.11. The van der Waals surface area contributed by atoms with Crippen LogP contribution in [0.2, 0.25) is 0 Å². The maximum absolute atomic E-state index is 11.6. The largest absolute Gasteiger partial charge is 0.379 e. The number of ether oxygens (including phenoxy) is 1. The van der Waals surface area contributed by atoms with Gasteiger partial charge in [0, 0.05) is 13.2 Å². The minimum absolute atomic E-state index is 0.219. The molecule has 0 aliphatic rings. The second kappa shape index (κ2) is 10.7. The third-order valence-corrected chi connectivity index (χ3v) is 3.90. The molecule has 0 heterocycles. The highest BCUT2D eigenvalue weighted by molar-refractivity contribution is 7.89. The molecule has 0 bridgehead atoms. The Kier molecular flexibility index (Phi) is 10.6. The lowest BCUT2D eigenvalue weighted by Gasteiger charge is -2.08. The Labute approximate surface area is 112 Å². The topological polar surface area (TPSA) is 67.4 Å². The lowest BCUT2D eigenvalue weighted by molar-refractivity contribution is 0.0762. The lowest BCUT2D eigenvalue weighted by Crippen LogP contribution is -2.28. The van der Waals surface area contributed by atoms with E-state index in [1.807, 2.05) is 20.9 Å². The van der Waals surface area contributed by atoms with Crippen molar-refractivity contribution in [2.75, 3.05) is 32.5 Å². The first kappa shape index (κ1) is 17.8. The zero-order valence-corrected chi connectivity index (χ0v) is 12.7. The average molecular weight is 280 g/mol. The Hall–Kier alpha value is -0.170. The molecule has 0 aliphatic heterocycles. The molecule has 0 aliphatic carbocycles. The maximum atomic E-state index is 11.6. The van der Waals surface area contributed by atoms with E-state index in [2.05, 4.69) is 10.0 Å². The summed E-state index contributed by atoms with van der Waals surface area (Å²) in [6.07, 6.45) is 3.55. The first-order chi connectivity index (χ1) is 8.48. The van der Waals surface area contributed by atoms with E-state index in [0.29, 0.717) is 19.6 Å². The molecule has 5 nitrogen and oxygen atoms in total. The second-order valence-electron chi connectivity index (χ2n) is 4.65. The molecule has 18 heavy (non-hydrogen) atoms. The molecule has 0 aromatic carbocycles. The van der Waals surface area contributed by atoms with E-state index >= 15 is 0 Å². The monoisotopic (exact) mass is 280 g/mol. The van der Waals surface area contributed by atoms with Gasteiger partial charge in [0.15, 0.2) is 0 Å². The summed E-state index contributed by atoms with van der Waals surface area (Å²) >= 11 is 0. The number of sulfonamides is 1. The van der Waals surface area contributed by atoms with Crippen LogP contribution in [0, 0.1) is 0 Å². The number of unbranched alkanes of at least 4 members (excludes halogenated alkanes) is 2. The minimum Gasteiger partial charge on any atom is -0.379 e. The van der Waals surface area contributed by atoms with Crippen molar-refractivity contribution in [3.8, 4) is 0 Å². The van der Waals surface area contributed by atoms with Crippen molar-refractivity contribution in [2.24, 2.45) is 0 Å². The van der Waals surface area contributed by atoms with Gasteiger partial charge in [0.2, 0.25) is 10.0 Å². The molecule has 0 radical (unpaired) electrons. The van der Waals surface area contributed by atoms with Crippen LogP contribution in [0.1, 0.15) is 39.5 Å². The molecule has 0 atom stereocenters. The smallest absolute Gasteiger partial charge is 0.211 e. The second-order valence-corrected chi connectivity index (χ2v) is 6.58. The van der Waals surface area contributed by atoms with Crippen LogP contribution in [-0.4, -0.2) is 47.0 Å². The Morgan fingerprint density at radius 2 is 1.72 bits per heavy atom. The fraction of sp³-hybridized carbons (Fsp3) is 1.00. The summed E-state index contributed by atoms with van der Waals surface area (Å²) in [4.78, 5) is 0. The van der Waals surface area contributed by atoms with Crippen molar-refractivity contribution in [1.29, 1.82) is 0 Å². The van der Waals surface area contributed by atoms with Gasteiger partial charge in [-0.05, 0) is 53.1 Å². The Bertz CT molecular complexity index is 279. The van der Waals surface area contributed by atoms with Crippen molar-refractivity contribution in [1.82, 2.24) is 10.0 Å². The molecule has 110 valence electrons. The highest BCUT2D eigenvalue weighted by atomic mass is 32.2. The van der Waals surface area contributed by atoms with Crippen molar-refractivity contribution in [3.63, 3.8) is 0 Å². The molecule has 0 fully saturated rings. The molecular weight excluding hydrogens is 252 g/mol. The highest BCUT2D eigenvalue weighted by Gasteiger charge is 2.08. The van der Waals surface area contributed by atoms with E-state index < -0.39 is 10.0 Å². The van der Waals surface area contributed by atoms with Crippen LogP contribution >= 0.6 is 0 Å². The predicted molar refractivity (Wildman–Crippen MR) is 75.3 cm³/mol. The van der Waals surface area contributed by atoms with Crippen LogP contribution in [0.25, 0.3) is 0 Å². The summed E-state index contributed by atoms with van der Waals surface area (Å²) in [6, 6.07) is 0. The van der Waals surface area contributed by atoms with Crippen LogP contribution in [-0.2, 0) is 14.8 Å². The molecular formula is C12H28N2O3S. The Morgan fingerprint density at radius 3 is 2.33 bits per heavy atom. The molecule has 0 spiro atoms. The number of nitrogens with one attached hydrogen (secondary N) is 2. The van der Waals surface area contributed by atoms with Gasteiger partial charge in [0.25, 0.3) is 0 Å². The van der Waals surface area contributed by atoms with Gasteiger partial charge in [0.1, 0.15) is 0 Å². The fourth-order valence-corrected chi connectivity index (χ4v) is 2.62. The standard InChI is InChI=1S/C12H28N2O3S/c1-12(2)17-10-6-4-9-14-18(15,16)11-7-5-8-13-3/h12-14H,4-11H2,1-3H3. The van der Waals surface area contributed by atoms with Gasteiger partial charge < -0.3 is 10.1 Å². The molecule has 0 saturated heterocycles. The first-order valence-corrected chi connectivity index (χ1v) is 8.36. The number of hydrogen-bond donors (Lipinski definition) is 2. The molecule has 0 aromatic heterocycles. The van der Waals surface area contributed by atoms with Gasteiger partial charge in [-0.15, -0.1) is 0 Å². The van der Waals surface area contributed by atoms with Gasteiger partial charge in [-0.3, -0.25) is 0 Å². The molecule has 6 heteroatoms. The van der Waals surface area contributed by atoms with Crippen molar-refractivity contribution >= 4 is 10.0 Å². The molecule has 0 amide bonds. The molecule has 0 unspecified atom stereocenters. The minimum atomic E-state index is -3.08. The van der Waals surface area contributed by atoms with Crippen LogP contribution in [0.5, 0.6) is 0 Å². The fourth-order valence-electron chi connectivity index (χ4n) is 1.44. The van der Waals surface area contributed by atoms with Crippen LogP contribution in [0.15, 0.2) is 0 Å². The van der Waals surface area contributed by atoms with Gasteiger partial charge >= 0.3 is 0 Å². The summed E-state index contributed by atoms with van der Waals surface area (Å²) in [7, 11) is -1.22. The molecule has 0 saturated carbocycles. The lowest BCUT2D eigenvalue weighted by atomic mass is 10.3. The van der Waals surface area contributed by atoms with Gasteiger partial charge in [0.05, 0.1) is 11.9 Å². The van der Waals surface area contributed by atoms with E-state index in [0.717, 1.165) is 25.8 Å². The summed E-state index contributed by atoms with van der Waals surface area (Å²) in [6.45, 7) is 6.06. The summed E-state index contributed by atoms with van der Waals surface area (Å²) in [5.74, 6) is 0.219. The van der Waals surface area contributed by atoms with Crippen molar-refractivity contribution in [2.45, 2.75) is 45.6 Å². The number of rotatable bonds is 12. The van der Waals surface area contributed by atoms with Crippen LogP contribution in [0.4, 0.5) is 0 Å². The van der Waals surface area contributed by atoms with Crippen molar-refractivity contribution < 1.29 is 13.2 Å².